The molecule has 1 amide bonds. The van der Waals surface area contributed by atoms with Crippen LogP contribution in [0.1, 0.15) is 47.9 Å². The zero-order chi connectivity index (χ0) is 20.0. The number of carbonyl (C=O) groups is 1. The van der Waals surface area contributed by atoms with Gasteiger partial charge in [0, 0.05) is 10.6 Å². The Kier molecular flexibility index (Phi) is 4.79. The molecular weight excluding hydrogens is 372 g/mol. The first-order valence-corrected chi connectivity index (χ1v) is 10.4. The number of fused-ring (bicyclic) bond motifs is 3. The Hall–Kier alpha value is -2.54. The van der Waals surface area contributed by atoms with E-state index < -0.39 is 6.04 Å². The number of amides is 1. The van der Waals surface area contributed by atoms with Gasteiger partial charge in [0.05, 0.1) is 5.39 Å². The Labute approximate surface area is 167 Å². The second-order valence-corrected chi connectivity index (χ2v) is 8.87. The molecule has 1 N–H and O–H groups in total. The van der Waals surface area contributed by atoms with Crippen LogP contribution in [0.15, 0.2) is 23.0 Å². The summed E-state index contributed by atoms with van der Waals surface area (Å²) in [5.41, 5.74) is 3.75. The molecule has 0 unspecified atom stereocenters. The van der Waals surface area contributed by atoms with Crippen molar-refractivity contribution in [1.29, 1.82) is 0 Å². The molecule has 0 aliphatic heterocycles. The van der Waals surface area contributed by atoms with Crippen LogP contribution in [0, 0.1) is 19.8 Å². The SMILES string of the molecule is Cc1cccc(NC(=O)[C@@H](C)n2nnc3sc4c(c3c2=O)CC[C@@H](C)C4)c1C. The number of aryl methyl sites for hydroxylation is 2. The summed E-state index contributed by atoms with van der Waals surface area (Å²) in [6, 6.07) is 5.02. The molecule has 4 rings (SSSR count). The van der Waals surface area contributed by atoms with Gasteiger partial charge in [-0.05, 0) is 68.7 Å². The first-order chi connectivity index (χ1) is 13.4. The zero-order valence-electron chi connectivity index (χ0n) is 16.6. The van der Waals surface area contributed by atoms with Gasteiger partial charge in [0.1, 0.15) is 6.04 Å². The summed E-state index contributed by atoms with van der Waals surface area (Å²) in [6.07, 6.45) is 2.95. The number of hydrogen-bond donors (Lipinski definition) is 1. The van der Waals surface area contributed by atoms with Gasteiger partial charge < -0.3 is 5.32 Å². The number of thiophene rings is 1. The minimum Gasteiger partial charge on any atom is -0.324 e. The number of aromatic nitrogens is 3. The average Bonchev–Trinajstić information content (AvgIpc) is 3.03. The second kappa shape index (κ2) is 7.13. The topological polar surface area (TPSA) is 76.9 Å². The average molecular weight is 397 g/mol. The van der Waals surface area contributed by atoms with E-state index in [1.807, 2.05) is 32.0 Å². The van der Waals surface area contributed by atoms with Gasteiger partial charge in [-0.2, -0.15) is 4.68 Å². The van der Waals surface area contributed by atoms with Crippen LogP contribution < -0.4 is 10.9 Å². The van der Waals surface area contributed by atoms with Gasteiger partial charge in [0.25, 0.3) is 5.56 Å². The highest BCUT2D eigenvalue weighted by Crippen LogP contribution is 2.35. The molecule has 1 aromatic carbocycles. The van der Waals surface area contributed by atoms with Crippen LogP contribution in [0.2, 0.25) is 0 Å². The van der Waals surface area contributed by atoms with Gasteiger partial charge in [0.2, 0.25) is 5.91 Å². The van der Waals surface area contributed by atoms with E-state index in [4.69, 9.17) is 0 Å². The fourth-order valence-electron chi connectivity index (χ4n) is 3.76. The third-order valence-electron chi connectivity index (χ3n) is 5.76. The van der Waals surface area contributed by atoms with Crippen LogP contribution in [0.25, 0.3) is 10.2 Å². The Morgan fingerprint density at radius 1 is 1.36 bits per heavy atom. The van der Waals surface area contributed by atoms with Crippen molar-refractivity contribution in [1.82, 2.24) is 15.0 Å². The van der Waals surface area contributed by atoms with Gasteiger partial charge in [-0.15, -0.1) is 16.4 Å². The highest BCUT2D eigenvalue weighted by Gasteiger charge is 2.26. The molecule has 0 radical (unpaired) electrons. The van der Waals surface area contributed by atoms with Crippen molar-refractivity contribution in [2.75, 3.05) is 5.32 Å². The molecule has 0 fully saturated rings. The molecule has 3 aromatic rings. The lowest BCUT2D eigenvalue weighted by atomic mass is 9.89. The van der Waals surface area contributed by atoms with Gasteiger partial charge in [0.15, 0.2) is 4.83 Å². The maximum absolute atomic E-state index is 13.1. The lowest BCUT2D eigenvalue weighted by Gasteiger charge is -2.18. The van der Waals surface area contributed by atoms with Crippen LogP contribution in [-0.2, 0) is 17.6 Å². The monoisotopic (exact) mass is 396 g/mol. The van der Waals surface area contributed by atoms with Crippen molar-refractivity contribution in [3.8, 4) is 0 Å². The molecule has 2 atom stereocenters. The largest absolute Gasteiger partial charge is 0.324 e. The van der Waals surface area contributed by atoms with E-state index in [9.17, 15) is 9.59 Å². The number of nitrogens with one attached hydrogen (secondary N) is 1. The predicted octanol–water partition coefficient (Wildman–Crippen LogP) is 3.79. The van der Waals surface area contributed by atoms with Crippen molar-refractivity contribution in [2.24, 2.45) is 5.92 Å². The van der Waals surface area contributed by atoms with Crippen molar-refractivity contribution in [2.45, 2.75) is 53.0 Å². The highest BCUT2D eigenvalue weighted by molar-refractivity contribution is 7.18. The number of hydrogen-bond acceptors (Lipinski definition) is 5. The first kappa shape index (κ1) is 18.8. The third kappa shape index (κ3) is 3.13. The lowest BCUT2D eigenvalue weighted by Crippen LogP contribution is -2.34. The minimum absolute atomic E-state index is 0.222. The smallest absolute Gasteiger partial charge is 0.279 e. The van der Waals surface area contributed by atoms with E-state index in [-0.39, 0.29) is 11.5 Å². The molecule has 0 saturated carbocycles. The minimum atomic E-state index is -0.748. The Morgan fingerprint density at radius 3 is 2.93 bits per heavy atom. The summed E-state index contributed by atoms with van der Waals surface area (Å²) < 4.78 is 1.22. The number of benzene rings is 1. The molecule has 2 heterocycles. The van der Waals surface area contributed by atoms with Crippen LogP contribution in [0.3, 0.4) is 0 Å². The van der Waals surface area contributed by atoms with Crippen LogP contribution in [-0.4, -0.2) is 20.9 Å². The summed E-state index contributed by atoms with van der Waals surface area (Å²) in [4.78, 5) is 27.9. The Morgan fingerprint density at radius 2 is 2.14 bits per heavy atom. The molecule has 2 aromatic heterocycles. The molecule has 0 spiro atoms. The Bertz CT molecular complexity index is 1130. The van der Waals surface area contributed by atoms with E-state index in [1.165, 1.54) is 9.56 Å². The molecule has 7 heteroatoms. The van der Waals surface area contributed by atoms with Crippen molar-refractivity contribution >= 4 is 33.1 Å². The summed E-state index contributed by atoms with van der Waals surface area (Å²) in [5.74, 6) is 0.347. The van der Waals surface area contributed by atoms with E-state index >= 15 is 0 Å². The maximum Gasteiger partial charge on any atom is 0.279 e. The van der Waals surface area contributed by atoms with Gasteiger partial charge in [-0.3, -0.25) is 9.59 Å². The molecule has 0 bridgehead atoms. The fourth-order valence-corrected chi connectivity index (χ4v) is 5.08. The molecule has 1 aliphatic rings. The maximum atomic E-state index is 13.1. The van der Waals surface area contributed by atoms with E-state index in [1.54, 1.807) is 18.3 Å². The van der Waals surface area contributed by atoms with Crippen molar-refractivity contribution < 1.29 is 4.79 Å². The van der Waals surface area contributed by atoms with Gasteiger partial charge >= 0.3 is 0 Å². The summed E-state index contributed by atoms with van der Waals surface area (Å²) in [5, 5.41) is 11.9. The standard InChI is InChI=1S/C21H24N4O2S/c1-11-8-9-15-17(10-11)28-20-18(15)21(27)25(24-23-20)14(4)19(26)22-16-7-5-6-12(2)13(16)3/h5-7,11,14H,8-10H2,1-4H3,(H,22,26)/t11-,14-/m1/s1. The fraction of sp³-hybridized carbons (Fsp3) is 0.429. The van der Waals surface area contributed by atoms with Crippen LogP contribution >= 0.6 is 11.3 Å². The second-order valence-electron chi connectivity index (χ2n) is 7.78. The van der Waals surface area contributed by atoms with E-state index in [0.29, 0.717) is 16.1 Å². The number of rotatable bonds is 3. The van der Waals surface area contributed by atoms with Crippen LogP contribution in [0.5, 0.6) is 0 Å². The molecule has 28 heavy (non-hydrogen) atoms. The van der Waals surface area contributed by atoms with Gasteiger partial charge in [-0.1, -0.05) is 24.3 Å². The summed E-state index contributed by atoms with van der Waals surface area (Å²) in [6.45, 7) is 7.88. The molecular formula is C21H24N4O2S. The number of nitrogens with zero attached hydrogens (tertiary/aromatic N) is 3. The highest BCUT2D eigenvalue weighted by atomic mass is 32.1. The zero-order valence-corrected chi connectivity index (χ0v) is 17.4. The number of anilines is 1. The number of carbonyl (C=O) groups excluding carboxylic acids is 1. The Balaban J connectivity index is 1.68. The van der Waals surface area contributed by atoms with Crippen molar-refractivity contribution in [3.63, 3.8) is 0 Å². The summed E-state index contributed by atoms with van der Waals surface area (Å²) >= 11 is 1.57. The van der Waals surface area contributed by atoms with E-state index in [2.05, 4.69) is 22.6 Å². The lowest BCUT2D eigenvalue weighted by molar-refractivity contribution is -0.119. The van der Waals surface area contributed by atoms with Crippen LogP contribution in [0.4, 0.5) is 5.69 Å². The summed E-state index contributed by atoms with van der Waals surface area (Å²) in [7, 11) is 0. The molecule has 6 nitrogen and oxygen atoms in total. The third-order valence-corrected chi connectivity index (χ3v) is 6.89. The molecule has 0 saturated heterocycles. The van der Waals surface area contributed by atoms with Gasteiger partial charge in [-0.25, -0.2) is 0 Å². The van der Waals surface area contributed by atoms with Crippen molar-refractivity contribution in [3.05, 3.63) is 50.1 Å². The normalized spacial score (nSPS) is 17.4. The molecule has 146 valence electrons. The quantitative estimate of drug-likeness (QED) is 0.731. The predicted molar refractivity (Wildman–Crippen MR) is 112 cm³/mol. The first-order valence-electron chi connectivity index (χ1n) is 9.63. The molecule has 1 aliphatic carbocycles. The van der Waals surface area contributed by atoms with E-state index in [0.717, 1.165) is 41.6 Å².